The van der Waals surface area contributed by atoms with Crippen molar-refractivity contribution in [1.82, 2.24) is 15.8 Å². The minimum Gasteiger partial charge on any atom is -0.369 e. The lowest BCUT2D eigenvalue weighted by Crippen LogP contribution is -2.55. The number of morpholine rings is 1. The van der Waals surface area contributed by atoms with Crippen LogP contribution in [0.4, 0.5) is 0 Å². The molecule has 2 saturated heterocycles. The molecule has 6 heteroatoms. The van der Waals surface area contributed by atoms with Crippen molar-refractivity contribution in [2.75, 3.05) is 19.6 Å². The monoisotopic (exact) mass is 337 g/mol. The highest BCUT2D eigenvalue weighted by molar-refractivity contribution is 6.30. The molecule has 2 aliphatic rings. The smallest absolute Gasteiger partial charge is 0.229 e. The zero-order valence-corrected chi connectivity index (χ0v) is 14.6. The van der Waals surface area contributed by atoms with E-state index in [2.05, 4.69) is 10.9 Å². The summed E-state index contributed by atoms with van der Waals surface area (Å²) in [5, 5.41) is 0.700. The fourth-order valence-corrected chi connectivity index (χ4v) is 3.70. The van der Waals surface area contributed by atoms with Crippen LogP contribution in [-0.2, 0) is 9.53 Å². The van der Waals surface area contributed by atoms with Gasteiger partial charge in [0.15, 0.2) is 0 Å². The summed E-state index contributed by atoms with van der Waals surface area (Å²) in [6.07, 6.45) is 0.0546. The second kappa shape index (κ2) is 6.40. The Morgan fingerprint density at radius 1 is 1.35 bits per heavy atom. The molecule has 1 amide bonds. The van der Waals surface area contributed by atoms with E-state index in [1.165, 1.54) is 0 Å². The second-order valence-electron chi connectivity index (χ2n) is 7.07. The van der Waals surface area contributed by atoms with E-state index < -0.39 is 0 Å². The molecular weight excluding hydrogens is 314 g/mol. The van der Waals surface area contributed by atoms with Gasteiger partial charge in [0.2, 0.25) is 5.91 Å². The first-order chi connectivity index (χ1) is 10.9. The lowest BCUT2D eigenvalue weighted by molar-refractivity contribution is -0.161. The maximum absolute atomic E-state index is 13.0. The molecular formula is C17H24ClN3O2. The summed E-state index contributed by atoms with van der Waals surface area (Å²) in [5.74, 6) is 0.0444. The molecule has 0 aliphatic carbocycles. The molecule has 2 N–H and O–H groups in total. The van der Waals surface area contributed by atoms with Crippen molar-refractivity contribution in [1.29, 1.82) is 0 Å². The highest BCUT2D eigenvalue weighted by Crippen LogP contribution is 2.30. The summed E-state index contributed by atoms with van der Waals surface area (Å²) >= 11 is 5.96. The van der Waals surface area contributed by atoms with Crippen molar-refractivity contribution >= 4 is 17.5 Å². The number of benzene rings is 1. The average molecular weight is 338 g/mol. The average Bonchev–Trinajstić information content (AvgIpc) is 2.94. The van der Waals surface area contributed by atoms with Crippen LogP contribution in [0.15, 0.2) is 24.3 Å². The minimum atomic E-state index is -0.303. The van der Waals surface area contributed by atoms with E-state index in [4.69, 9.17) is 16.3 Å². The van der Waals surface area contributed by atoms with Gasteiger partial charge in [-0.25, -0.2) is 5.43 Å². The maximum Gasteiger partial charge on any atom is 0.229 e. The molecule has 3 unspecified atom stereocenters. The number of ether oxygens (including phenoxy) is 1. The number of hydrazine groups is 1. The fraction of sp³-hybridized carbons (Fsp3) is 0.588. The molecule has 2 aliphatic heterocycles. The van der Waals surface area contributed by atoms with Crippen molar-refractivity contribution < 1.29 is 9.53 Å². The van der Waals surface area contributed by atoms with Crippen LogP contribution in [0.3, 0.4) is 0 Å². The van der Waals surface area contributed by atoms with Gasteiger partial charge in [-0.1, -0.05) is 23.7 Å². The third-order valence-electron chi connectivity index (χ3n) is 4.41. The Balaban J connectivity index is 1.76. The molecule has 3 rings (SSSR count). The molecule has 0 bridgehead atoms. The zero-order valence-electron chi connectivity index (χ0n) is 13.8. The molecule has 1 aromatic rings. The van der Waals surface area contributed by atoms with Gasteiger partial charge in [-0.05, 0) is 38.5 Å². The van der Waals surface area contributed by atoms with Crippen molar-refractivity contribution in [3.05, 3.63) is 34.9 Å². The first kappa shape index (κ1) is 16.7. The Hall–Kier alpha value is -1.14. The molecule has 0 spiro atoms. The Bertz CT molecular complexity index is 576. The van der Waals surface area contributed by atoms with Gasteiger partial charge in [0, 0.05) is 24.7 Å². The van der Waals surface area contributed by atoms with E-state index in [1.54, 1.807) is 0 Å². The van der Waals surface area contributed by atoms with Crippen LogP contribution >= 0.6 is 11.6 Å². The van der Waals surface area contributed by atoms with Crippen LogP contribution in [0.1, 0.15) is 32.4 Å². The third-order valence-corrected chi connectivity index (χ3v) is 4.66. The van der Waals surface area contributed by atoms with Crippen molar-refractivity contribution in [3.8, 4) is 0 Å². The number of hydrogen-bond donors (Lipinski definition) is 2. The largest absolute Gasteiger partial charge is 0.369 e. The van der Waals surface area contributed by atoms with Crippen LogP contribution in [0.25, 0.3) is 0 Å². The maximum atomic E-state index is 13.0. The quantitative estimate of drug-likeness (QED) is 0.868. The number of amides is 1. The number of nitrogens with one attached hydrogen (secondary N) is 2. The summed E-state index contributed by atoms with van der Waals surface area (Å²) in [6, 6.07) is 7.62. The van der Waals surface area contributed by atoms with Crippen LogP contribution in [0.5, 0.6) is 0 Å². The molecule has 1 aromatic carbocycles. The number of nitrogens with zero attached hydrogens (tertiary/aromatic N) is 1. The molecule has 0 radical (unpaired) electrons. The molecule has 23 heavy (non-hydrogen) atoms. The SMILES string of the molecule is CC1CN(C(=O)C2CNNC2c2ccc(Cl)cc2)CC(C)(C)O1. The van der Waals surface area contributed by atoms with Gasteiger partial charge in [0.1, 0.15) is 0 Å². The summed E-state index contributed by atoms with van der Waals surface area (Å²) < 4.78 is 5.90. The predicted octanol–water partition coefficient (Wildman–Crippen LogP) is 2.13. The Morgan fingerprint density at radius 3 is 2.70 bits per heavy atom. The summed E-state index contributed by atoms with van der Waals surface area (Å²) in [4.78, 5) is 15.0. The standard InChI is InChI=1S/C17H24ClN3O2/c1-11-9-21(10-17(2,3)23-11)16(22)14-8-19-20-15(14)12-4-6-13(18)7-5-12/h4-7,11,14-15,19-20H,8-10H2,1-3H3. The van der Waals surface area contributed by atoms with E-state index in [-0.39, 0.29) is 29.6 Å². The van der Waals surface area contributed by atoms with E-state index in [9.17, 15) is 4.79 Å². The van der Waals surface area contributed by atoms with E-state index in [0.29, 0.717) is 24.7 Å². The first-order valence-electron chi connectivity index (χ1n) is 8.06. The fourth-order valence-electron chi connectivity index (χ4n) is 3.57. The first-order valence-corrected chi connectivity index (χ1v) is 8.44. The molecule has 0 aromatic heterocycles. The normalized spacial score (nSPS) is 30.4. The summed E-state index contributed by atoms with van der Waals surface area (Å²) in [7, 11) is 0. The highest BCUT2D eigenvalue weighted by Gasteiger charge is 2.40. The number of hydrogen-bond acceptors (Lipinski definition) is 4. The summed E-state index contributed by atoms with van der Waals surface area (Å²) in [6.45, 7) is 7.98. The number of rotatable bonds is 2. The van der Waals surface area contributed by atoms with Gasteiger partial charge >= 0.3 is 0 Å². The van der Waals surface area contributed by atoms with Gasteiger partial charge in [-0.15, -0.1) is 0 Å². The van der Waals surface area contributed by atoms with Crippen molar-refractivity contribution in [3.63, 3.8) is 0 Å². The van der Waals surface area contributed by atoms with E-state index in [0.717, 1.165) is 5.56 Å². The molecule has 2 fully saturated rings. The van der Waals surface area contributed by atoms with Gasteiger partial charge in [-0.2, -0.15) is 0 Å². The van der Waals surface area contributed by atoms with E-state index in [1.807, 2.05) is 49.9 Å². The van der Waals surface area contributed by atoms with Crippen LogP contribution in [0, 0.1) is 5.92 Å². The Labute approximate surface area is 142 Å². The number of carbonyl (C=O) groups is 1. The van der Waals surface area contributed by atoms with Gasteiger partial charge < -0.3 is 9.64 Å². The van der Waals surface area contributed by atoms with Gasteiger partial charge in [0.05, 0.1) is 23.7 Å². The predicted molar refractivity (Wildman–Crippen MR) is 90.0 cm³/mol. The molecule has 0 saturated carbocycles. The second-order valence-corrected chi connectivity index (χ2v) is 7.50. The van der Waals surface area contributed by atoms with Crippen LogP contribution in [0.2, 0.25) is 5.02 Å². The zero-order chi connectivity index (χ0) is 16.6. The third kappa shape index (κ3) is 3.69. The summed E-state index contributed by atoms with van der Waals surface area (Å²) in [5.41, 5.74) is 7.11. The highest BCUT2D eigenvalue weighted by atomic mass is 35.5. The number of carbonyl (C=O) groups excluding carboxylic acids is 1. The Morgan fingerprint density at radius 2 is 2.04 bits per heavy atom. The van der Waals surface area contributed by atoms with Crippen molar-refractivity contribution in [2.45, 2.75) is 38.5 Å². The number of halogens is 1. The molecule has 126 valence electrons. The topological polar surface area (TPSA) is 53.6 Å². The lowest BCUT2D eigenvalue weighted by Gasteiger charge is -2.42. The van der Waals surface area contributed by atoms with Crippen LogP contribution < -0.4 is 10.9 Å². The molecule has 5 nitrogen and oxygen atoms in total. The minimum absolute atomic E-state index is 0.0407. The van der Waals surface area contributed by atoms with E-state index >= 15 is 0 Å². The van der Waals surface area contributed by atoms with Gasteiger partial charge in [0.25, 0.3) is 0 Å². The lowest BCUT2D eigenvalue weighted by atomic mass is 9.92. The molecule has 2 heterocycles. The van der Waals surface area contributed by atoms with Crippen LogP contribution in [-0.4, -0.2) is 42.1 Å². The van der Waals surface area contributed by atoms with Crippen molar-refractivity contribution in [2.24, 2.45) is 5.92 Å². The van der Waals surface area contributed by atoms with Gasteiger partial charge in [-0.3, -0.25) is 10.2 Å². The molecule has 3 atom stereocenters. The Kier molecular flexibility index (Phi) is 4.65.